The minimum Gasteiger partial charge on any atom is -0.316 e. The van der Waals surface area contributed by atoms with Crippen molar-refractivity contribution in [2.24, 2.45) is 11.3 Å². The van der Waals surface area contributed by atoms with Gasteiger partial charge in [0.2, 0.25) is 0 Å². The summed E-state index contributed by atoms with van der Waals surface area (Å²) in [6, 6.07) is 0. The molecule has 0 aromatic rings. The average molecular weight is 250 g/mol. The maximum Gasteiger partial charge on any atom is 0.0232 e. The fourth-order valence-electron chi connectivity index (χ4n) is 5.12. The third-order valence-corrected chi connectivity index (χ3v) is 6.51. The third-order valence-electron chi connectivity index (χ3n) is 6.51. The topological polar surface area (TPSA) is 15.3 Å². The van der Waals surface area contributed by atoms with Crippen LogP contribution in [0.3, 0.4) is 0 Å². The van der Waals surface area contributed by atoms with Gasteiger partial charge in [-0.2, -0.15) is 0 Å². The fourth-order valence-corrected chi connectivity index (χ4v) is 5.12. The second kappa shape index (κ2) is 4.79. The molecule has 2 saturated carbocycles. The van der Waals surface area contributed by atoms with Crippen LogP contribution < -0.4 is 5.32 Å². The molecule has 0 atom stereocenters. The van der Waals surface area contributed by atoms with E-state index in [0.717, 1.165) is 5.92 Å². The van der Waals surface area contributed by atoms with Crippen LogP contribution in [-0.4, -0.2) is 37.6 Å². The first kappa shape index (κ1) is 12.9. The highest BCUT2D eigenvalue weighted by molar-refractivity contribution is 5.04. The minimum absolute atomic E-state index is 0.546. The lowest BCUT2D eigenvalue weighted by molar-refractivity contribution is 0.000780. The van der Waals surface area contributed by atoms with Gasteiger partial charge in [-0.05, 0) is 76.9 Å². The third kappa shape index (κ3) is 2.02. The molecule has 0 bridgehead atoms. The number of hydrogen-bond acceptors (Lipinski definition) is 2. The molecule has 1 aliphatic heterocycles. The molecule has 18 heavy (non-hydrogen) atoms. The SMILES string of the molecule is CN(C)C1(C2CCCC2)CCC2(CCNC2)CC1. The molecule has 0 unspecified atom stereocenters. The van der Waals surface area contributed by atoms with Crippen molar-refractivity contribution in [3.8, 4) is 0 Å². The van der Waals surface area contributed by atoms with Gasteiger partial charge in [0.25, 0.3) is 0 Å². The Morgan fingerprint density at radius 2 is 1.61 bits per heavy atom. The van der Waals surface area contributed by atoms with Crippen LogP contribution in [-0.2, 0) is 0 Å². The lowest BCUT2D eigenvalue weighted by Gasteiger charge is -2.52. The van der Waals surface area contributed by atoms with Gasteiger partial charge in [-0.25, -0.2) is 0 Å². The Balaban J connectivity index is 1.73. The van der Waals surface area contributed by atoms with Gasteiger partial charge in [0.05, 0.1) is 0 Å². The van der Waals surface area contributed by atoms with Crippen molar-refractivity contribution in [3.05, 3.63) is 0 Å². The van der Waals surface area contributed by atoms with Crippen LogP contribution in [0.5, 0.6) is 0 Å². The molecule has 0 radical (unpaired) electrons. The van der Waals surface area contributed by atoms with Crippen molar-refractivity contribution < 1.29 is 0 Å². The van der Waals surface area contributed by atoms with Crippen LogP contribution >= 0.6 is 0 Å². The summed E-state index contributed by atoms with van der Waals surface area (Å²) in [4.78, 5) is 2.60. The van der Waals surface area contributed by atoms with E-state index in [1.807, 2.05) is 0 Å². The van der Waals surface area contributed by atoms with Gasteiger partial charge in [0.15, 0.2) is 0 Å². The molecular weight excluding hydrogens is 220 g/mol. The van der Waals surface area contributed by atoms with Crippen LogP contribution in [0, 0.1) is 11.3 Å². The first-order valence-corrected chi connectivity index (χ1v) is 8.05. The lowest BCUT2D eigenvalue weighted by atomic mass is 9.62. The second-order valence-corrected chi connectivity index (χ2v) is 7.41. The summed E-state index contributed by atoms with van der Waals surface area (Å²) < 4.78 is 0. The van der Waals surface area contributed by atoms with Gasteiger partial charge >= 0.3 is 0 Å². The van der Waals surface area contributed by atoms with Gasteiger partial charge in [-0.15, -0.1) is 0 Å². The number of hydrogen-bond donors (Lipinski definition) is 1. The Kier molecular flexibility index (Phi) is 3.44. The van der Waals surface area contributed by atoms with Crippen molar-refractivity contribution in [1.82, 2.24) is 10.2 Å². The summed E-state index contributed by atoms with van der Waals surface area (Å²) in [6.45, 7) is 2.56. The summed E-state index contributed by atoms with van der Waals surface area (Å²) in [5.41, 5.74) is 1.22. The van der Waals surface area contributed by atoms with Crippen molar-refractivity contribution >= 4 is 0 Å². The standard InChI is InChI=1S/C16H30N2/c1-18(2)16(14-5-3-4-6-14)9-7-15(8-10-16)11-12-17-13-15/h14,17H,3-13H2,1-2H3. The highest BCUT2D eigenvalue weighted by Crippen LogP contribution is 2.51. The molecule has 1 spiro atoms. The number of rotatable bonds is 2. The molecule has 0 aromatic carbocycles. The molecule has 3 rings (SSSR count). The number of nitrogens with one attached hydrogen (secondary N) is 1. The van der Waals surface area contributed by atoms with Crippen LogP contribution in [0.2, 0.25) is 0 Å². The van der Waals surface area contributed by atoms with Crippen molar-refractivity contribution in [2.75, 3.05) is 27.2 Å². The van der Waals surface area contributed by atoms with E-state index < -0.39 is 0 Å². The van der Waals surface area contributed by atoms with Gasteiger partial charge in [-0.1, -0.05) is 12.8 Å². The maximum atomic E-state index is 3.60. The predicted octanol–water partition coefficient (Wildman–Crippen LogP) is 3.03. The van der Waals surface area contributed by atoms with E-state index in [2.05, 4.69) is 24.3 Å². The normalized spacial score (nSPS) is 42.2. The quantitative estimate of drug-likeness (QED) is 0.810. The molecule has 3 aliphatic rings. The zero-order chi connectivity index (χ0) is 12.6. The summed E-state index contributed by atoms with van der Waals surface area (Å²) >= 11 is 0. The average Bonchev–Trinajstić information content (AvgIpc) is 3.02. The molecule has 3 fully saturated rings. The Morgan fingerprint density at radius 3 is 2.11 bits per heavy atom. The monoisotopic (exact) mass is 250 g/mol. The van der Waals surface area contributed by atoms with Crippen LogP contribution in [0.15, 0.2) is 0 Å². The van der Waals surface area contributed by atoms with Crippen molar-refractivity contribution in [2.45, 2.75) is 63.3 Å². The first-order chi connectivity index (χ1) is 8.67. The summed E-state index contributed by atoms with van der Waals surface area (Å²) in [5.74, 6) is 0.985. The van der Waals surface area contributed by atoms with Gasteiger partial charge in [0, 0.05) is 12.1 Å². The Morgan fingerprint density at radius 1 is 0.944 bits per heavy atom. The Hall–Kier alpha value is -0.0800. The van der Waals surface area contributed by atoms with E-state index in [1.54, 1.807) is 0 Å². The summed E-state index contributed by atoms with van der Waals surface area (Å²) in [6.07, 6.45) is 13.2. The molecule has 1 N–H and O–H groups in total. The zero-order valence-electron chi connectivity index (χ0n) is 12.3. The van der Waals surface area contributed by atoms with Crippen molar-refractivity contribution in [1.29, 1.82) is 0 Å². The molecule has 2 nitrogen and oxygen atoms in total. The van der Waals surface area contributed by atoms with Gasteiger partial charge < -0.3 is 10.2 Å². The largest absolute Gasteiger partial charge is 0.316 e. The molecule has 104 valence electrons. The second-order valence-electron chi connectivity index (χ2n) is 7.41. The molecule has 2 aliphatic carbocycles. The van der Waals surface area contributed by atoms with Crippen LogP contribution in [0.1, 0.15) is 57.8 Å². The fraction of sp³-hybridized carbons (Fsp3) is 1.00. The molecule has 0 amide bonds. The highest BCUT2D eigenvalue weighted by atomic mass is 15.2. The van der Waals surface area contributed by atoms with Gasteiger partial charge in [-0.3, -0.25) is 0 Å². The van der Waals surface area contributed by atoms with E-state index in [-0.39, 0.29) is 0 Å². The Labute approximate surface area is 113 Å². The highest BCUT2D eigenvalue weighted by Gasteiger charge is 2.49. The molecule has 0 aromatic heterocycles. The molecule has 1 saturated heterocycles. The first-order valence-electron chi connectivity index (χ1n) is 8.05. The summed E-state index contributed by atoms with van der Waals surface area (Å²) in [7, 11) is 4.67. The lowest BCUT2D eigenvalue weighted by Crippen LogP contribution is -2.53. The van der Waals surface area contributed by atoms with Crippen LogP contribution in [0.25, 0.3) is 0 Å². The van der Waals surface area contributed by atoms with Gasteiger partial charge in [0.1, 0.15) is 0 Å². The molecule has 2 heteroatoms. The molecule has 1 heterocycles. The summed E-state index contributed by atoms with van der Waals surface area (Å²) in [5, 5.41) is 3.60. The van der Waals surface area contributed by atoms with Crippen LogP contribution in [0.4, 0.5) is 0 Å². The van der Waals surface area contributed by atoms with Crippen molar-refractivity contribution in [3.63, 3.8) is 0 Å². The van der Waals surface area contributed by atoms with E-state index in [9.17, 15) is 0 Å². The minimum atomic E-state index is 0.546. The predicted molar refractivity (Wildman–Crippen MR) is 76.8 cm³/mol. The van der Waals surface area contributed by atoms with E-state index in [1.165, 1.54) is 70.9 Å². The van der Waals surface area contributed by atoms with E-state index >= 15 is 0 Å². The maximum absolute atomic E-state index is 3.60. The Bertz CT molecular complexity index is 275. The number of nitrogens with zero attached hydrogens (tertiary/aromatic N) is 1. The van der Waals surface area contributed by atoms with E-state index in [0.29, 0.717) is 11.0 Å². The zero-order valence-corrected chi connectivity index (χ0v) is 12.3. The molecular formula is C16H30N2. The smallest absolute Gasteiger partial charge is 0.0232 e. The van der Waals surface area contributed by atoms with E-state index in [4.69, 9.17) is 0 Å².